The van der Waals surface area contributed by atoms with Gasteiger partial charge in [-0.1, -0.05) is 24.3 Å². The van der Waals surface area contributed by atoms with Crippen molar-refractivity contribution in [2.45, 2.75) is 0 Å². The van der Waals surface area contributed by atoms with Crippen molar-refractivity contribution >= 4 is 11.6 Å². The molecular weight excluding hydrogens is 268 g/mol. The van der Waals surface area contributed by atoms with E-state index in [4.69, 9.17) is 15.2 Å². The first kappa shape index (κ1) is 14.9. The van der Waals surface area contributed by atoms with Crippen LogP contribution in [0.4, 0.5) is 5.69 Å². The number of benzene rings is 2. The molecule has 0 aliphatic rings. The van der Waals surface area contributed by atoms with E-state index in [2.05, 4.69) is 5.32 Å². The van der Waals surface area contributed by atoms with Crippen LogP contribution in [-0.2, 0) is 0 Å². The Hall–Kier alpha value is -2.53. The van der Waals surface area contributed by atoms with Crippen molar-refractivity contribution in [2.75, 3.05) is 25.6 Å². The van der Waals surface area contributed by atoms with Gasteiger partial charge in [-0.05, 0) is 24.3 Å². The van der Waals surface area contributed by atoms with E-state index in [1.165, 1.54) is 7.11 Å². The van der Waals surface area contributed by atoms with Gasteiger partial charge in [0.25, 0.3) is 5.91 Å². The molecule has 2 aromatic carbocycles. The molecule has 0 saturated heterocycles. The highest BCUT2D eigenvalue weighted by molar-refractivity contribution is 6.06. The Labute approximate surface area is 123 Å². The summed E-state index contributed by atoms with van der Waals surface area (Å²) in [5.41, 5.74) is 6.49. The zero-order valence-electron chi connectivity index (χ0n) is 11.8. The maximum atomic E-state index is 12.3. The van der Waals surface area contributed by atoms with E-state index < -0.39 is 0 Å². The van der Waals surface area contributed by atoms with Crippen molar-refractivity contribution in [1.29, 1.82) is 0 Å². The minimum Gasteiger partial charge on any atom is -0.496 e. The molecule has 0 unspecified atom stereocenters. The van der Waals surface area contributed by atoms with Crippen LogP contribution in [0.1, 0.15) is 10.4 Å². The highest BCUT2D eigenvalue weighted by Gasteiger charge is 2.13. The summed E-state index contributed by atoms with van der Waals surface area (Å²) in [7, 11) is 1.53. The average molecular weight is 286 g/mol. The largest absolute Gasteiger partial charge is 0.496 e. The number of rotatable bonds is 6. The first-order valence-electron chi connectivity index (χ1n) is 6.62. The molecule has 0 heterocycles. The molecule has 0 radical (unpaired) electrons. The molecule has 0 fully saturated rings. The molecule has 21 heavy (non-hydrogen) atoms. The van der Waals surface area contributed by atoms with Gasteiger partial charge in [-0.3, -0.25) is 4.79 Å². The number of para-hydroxylation sites is 3. The van der Waals surface area contributed by atoms with Gasteiger partial charge in [0, 0.05) is 6.54 Å². The van der Waals surface area contributed by atoms with E-state index in [0.717, 1.165) is 0 Å². The summed E-state index contributed by atoms with van der Waals surface area (Å²) in [5, 5.41) is 2.83. The molecule has 2 aromatic rings. The first-order valence-corrected chi connectivity index (χ1v) is 6.62. The molecule has 0 atom stereocenters. The summed E-state index contributed by atoms with van der Waals surface area (Å²) in [6.07, 6.45) is 0. The molecule has 0 aliphatic carbocycles. The van der Waals surface area contributed by atoms with Crippen LogP contribution < -0.4 is 20.5 Å². The summed E-state index contributed by atoms with van der Waals surface area (Å²) in [5.74, 6) is 0.859. The van der Waals surface area contributed by atoms with E-state index in [-0.39, 0.29) is 5.91 Å². The van der Waals surface area contributed by atoms with Crippen LogP contribution in [0.5, 0.6) is 11.5 Å². The third kappa shape index (κ3) is 3.73. The molecule has 1 amide bonds. The van der Waals surface area contributed by atoms with Crippen molar-refractivity contribution < 1.29 is 14.3 Å². The molecule has 0 spiro atoms. The van der Waals surface area contributed by atoms with Crippen molar-refractivity contribution in [3.63, 3.8) is 0 Å². The predicted molar refractivity (Wildman–Crippen MR) is 81.9 cm³/mol. The van der Waals surface area contributed by atoms with Gasteiger partial charge < -0.3 is 20.5 Å². The summed E-state index contributed by atoms with van der Waals surface area (Å²) < 4.78 is 10.7. The summed E-state index contributed by atoms with van der Waals surface area (Å²) in [4.78, 5) is 12.3. The maximum Gasteiger partial charge on any atom is 0.259 e. The zero-order chi connectivity index (χ0) is 15.1. The average Bonchev–Trinajstić information content (AvgIpc) is 2.54. The van der Waals surface area contributed by atoms with Crippen LogP contribution in [0, 0.1) is 0 Å². The summed E-state index contributed by atoms with van der Waals surface area (Å²) in [6, 6.07) is 14.3. The summed E-state index contributed by atoms with van der Waals surface area (Å²) in [6.45, 7) is 0.802. The van der Waals surface area contributed by atoms with Gasteiger partial charge in [-0.15, -0.1) is 0 Å². The number of ether oxygens (including phenoxy) is 2. The number of nitrogens with two attached hydrogens (primary N) is 1. The standard InChI is InChI=1S/C16H18N2O3/c1-20-14-8-4-2-6-12(14)16(19)18-13-7-3-5-9-15(13)21-11-10-17/h2-9H,10-11,17H2,1H3,(H,18,19). The lowest BCUT2D eigenvalue weighted by atomic mass is 10.2. The maximum absolute atomic E-state index is 12.3. The van der Waals surface area contributed by atoms with E-state index in [9.17, 15) is 4.79 Å². The van der Waals surface area contributed by atoms with Crippen molar-refractivity contribution in [3.8, 4) is 11.5 Å². The Morgan fingerprint density at radius 2 is 1.76 bits per heavy atom. The van der Waals surface area contributed by atoms with E-state index in [0.29, 0.717) is 35.9 Å². The Balaban J connectivity index is 2.19. The number of hydrogen-bond acceptors (Lipinski definition) is 4. The fourth-order valence-electron chi connectivity index (χ4n) is 1.89. The number of amides is 1. The predicted octanol–water partition coefficient (Wildman–Crippen LogP) is 2.29. The number of hydrogen-bond donors (Lipinski definition) is 2. The van der Waals surface area contributed by atoms with Crippen LogP contribution in [0.25, 0.3) is 0 Å². The third-order valence-electron chi connectivity index (χ3n) is 2.86. The quantitative estimate of drug-likeness (QED) is 0.854. The number of nitrogens with one attached hydrogen (secondary N) is 1. The molecule has 110 valence electrons. The fourth-order valence-corrected chi connectivity index (χ4v) is 1.89. The molecular formula is C16H18N2O3. The topological polar surface area (TPSA) is 73.6 Å². The highest BCUT2D eigenvalue weighted by atomic mass is 16.5. The highest BCUT2D eigenvalue weighted by Crippen LogP contribution is 2.25. The van der Waals surface area contributed by atoms with Crippen LogP contribution in [0.2, 0.25) is 0 Å². The summed E-state index contributed by atoms with van der Waals surface area (Å²) >= 11 is 0. The second kappa shape index (κ2) is 7.31. The minimum absolute atomic E-state index is 0.253. The molecule has 0 aromatic heterocycles. The fraction of sp³-hybridized carbons (Fsp3) is 0.188. The van der Waals surface area contributed by atoms with Gasteiger partial charge in [0.1, 0.15) is 18.1 Å². The number of anilines is 1. The Morgan fingerprint density at radius 1 is 1.10 bits per heavy atom. The van der Waals surface area contributed by atoms with Crippen LogP contribution in [0.15, 0.2) is 48.5 Å². The smallest absolute Gasteiger partial charge is 0.259 e. The number of methoxy groups -OCH3 is 1. The molecule has 2 rings (SSSR count). The molecule has 0 saturated carbocycles. The lowest BCUT2D eigenvalue weighted by Crippen LogP contribution is -2.15. The second-order valence-corrected chi connectivity index (χ2v) is 4.29. The molecule has 5 nitrogen and oxygen atoms in total. The lowest BCUT2D eigenvalue weighted by Gasteiger charge is -2.13. The minimum atomic E-state index is -0.253. The Morgan fingerprint density at radius 3 is 2.48 bits per heavy atom. The molecule has 3 N–H and O–H groups in total. The normalized spacial score (nSPS) is 10.0. The van der Waals surface area contributed by atoms with Gasteiger partial charge >= 0.3 is 0 Å². The monoisotopic (exact) mass is 286 g/mol. The number of carbonyl (C=O) groups excluding carboxylic acids is 1. The van der Waals surface area contributed by atoms with Crippen LogP contribution >= 0.6 is 0 Å². The van der Waals surface area contributed by atoms with Gasteiger partial charge in [-0.2, -0.15) is 0 Å². The van der Waals surface area contributed by atoms with E-state index in [1.54, 1.807) is 30.3 Å². The van der Waals surface area contributed by atoms with Gasteiger partial charge in [-0.25, -0.2) is 0 Å². The Bertz CT molecular complexity index is 614. The number of carbonyl (C=O) groups is 1. The Kier molecular flexibility index (Phi) is 5.17. The van der Waals surface area contributed by atoms with Crippen molar-refractivity contribution in [3.05, 3.63) is 54.1 Å². The molecule has 5 heteroatoms. The SMILES string of the molecule is COc1ccccc1C(=O)Nc1ccccc1OCCN. The lowest BCUT2D eigenvalue weighted by molar-refractivity contribution is 0.102. The van der Waals surface area contributed by atoms with Crippen molar-refractivity contribution in [2.24, 2.45) is 5.73 Å². The van der Waals surface area contributed by atoms with Crippen LogP contribution in [-0.4, -0.2) is 26.2 Å². The first-order chi connectivity index (χ1) is 10.3. The second-order valence-electron chi connectivity index (χ2n) is 4.29. The van der Waals surface area contributed by atoms with E-state index in [1.807, 2.05) is 18.2 Å². The van der Waals surface area contributed by atoms with Crippen molar-refractivity contribution in [1.82, 2.24) is 0 Å². The van der Waals surface area contributed by atoms with Gasteiger partial charge in [0.2, 0.25) is 0 Å². The molecule has 0 bridgehead atoms. The third-order valence-corrected chi connectivity index (χ3v) is 2.86. The van der Waals surface area contributed by atoms with Crippen LogP contribution in [0.3, 0.4) is 0 Å². The molecule has 0 aliphatic heterocycles. The van der Waals surface area contributed by atoms with E-state index >= 15 is 0 Å². The zero-order valence-corrected chi connectivity index (χ0v) is 11.8. The van der Waals surface area contributed by atoms with Gasteiger partial charge in [0.15, 0.2) is 0 Å². The van der Waals surface area contributed by atoms with Gasteiger partial charge in [0.05, 0.1) is 18.4 Å².